The van der Waals surface area contributed by atoms with E-state index in [0.717, 1.165) is 38.2 Å². The van der Waals surface area contributed by atoms with Crippen LogP contribution in [0.4, 0.5) is 0 Å². The standard InChI is InChI=1S/C14H26N4O2S/c1-3-5-18-11-14(7-13(18)8-15)21(19,20)16-9-12-4-6-17(2)10-12/h7,11-12,16H,3-6,8-10,15H2,1-2H3. The summed E-state index contributed by atoms with van der Waals surface area (Å²) >= 11 is 0. The van der Waals surface area contributed by atoms with Crippen molar-refractivity contribution in [1.82, 2.24) is 14.2 Å². The van der Waals surface area contributed by atoms with Gasteiger partial charge in [-0.2, -0.15) is 0 Å². The summed E-state index contributed by atoms with van der Waals surface area (Å²) in [7, 11) is -1.38. The molecule has 0 bridgehead atoms. The third-order valence-electron chi connectivity index (χ3n) is 4.00. The molecular formula is C14H26N4O2S. The van der Waals surface area contributed by atoms with Crippen LogP contribution in [0.15, 0.2) is 17.2 Å². The molecule has 0 amide bonds. The first-order chi connectivity index (χ1) is 9.96. The average Bonchev–Trinajstić information content (AvgIpc) is 3.04. The zero-order valence-corrected chi connectivity index (χ0v) is 13.7. The van der Waals surface area contributed by atoms with E-state index >= 15 is 0 Å². The highest BCUT2D eigenvalue weighted by atomic mass is 32.2. The molecule has 1 atom stereocenters. The fraction of sp³-hybridized carbons (Fsp3) is 0.714. The monoisotopic (exact) mass is 314 g/mol. The van der Waals surface area contributed by atoms with Gasteiger partial charge in [0.1, 0.15) is 0 Å². The van der Waals surface area contributed by atoms with Crippen LogP contribution in [-0.2, 0) is 23.1 Å². The van der Waals surface area contributed by atoms with Crippen LogP contribution >= 0.6 is 0 Å². The molecule has 1 aliphatic heterocycles. The molecule has 1 aromatic heterocycles. The molecule has 1 unspecified atom stereocenters. The predicted molar refractivity (Wildman–Crippen MR) is 83.4 cm³/mol. The number of sulfonamides is 1. The fourth-order valence-corrected chi connectivity index (χ4v) is 3.98. The van der Waals surface area contributed by atoms with Gasteiger partial charge >= 0.3 is 0 Å². The molecule has 0 spiro atoms. The highest BCUT2D eigenvalue weighted by Crippen LogP contribution is 2.17. The van der Waals surface area contributed by atoms with Gasteiger partial charge in [-0.25, -0.2) is 13.1 Å². The maximum Gasteiger partial charge on any atom is 0.242 e. The molecule has 7 heteroatoms. The second-order valence-electron chi connectivity index (χ2n) is 5.83. The van der Waals surface area contributed by atoms with Gasteiger partial charge in [-0.15, -0.1) is 0 Å². The Morgan fingerprint density at radius 3 is 2.81 bits per heavy atom. The largest absolute Gasteiger partial charge is 0.349 e. The summed E-state index contributed by atoms with van der Waals surface area (Å²) in [4.78, 5) is 2.55. The number of nitrogens with two attached hydrogens (primary N) is 1. The zero-order chi connectivity index (χ0) is 15.5. The lowest BCUT2D eigenvalue weighted by Gasteiger charge is -2.11. The van der Waals surface area contributed by atoms with Crippen molar-refractivity contribution < 1.29 is 8.42 Å². The van der Waals surface area contributed by atoms with Crippen molar-refractivity contribution in [3.63, 3.8) is 0 Å². The van der Waals surface area contributed by atoms with Gasteiger partial charge in [-0.3, -0.25) is 0 Å². The van der Waals surface area contributed by atoms with E-state index in [1.54, 1.807) is 12.3 Å². The van der Waals surface area contributed by atoms with Crippen molar-refractivity contribution in [1.29, 1.82) is 0 Å². The van der Waals surface area contributed by atoms with Gasteiger partial charge in [-0.1, -0.05) is 6.92 Å². The lowest BCUT2D eigenvalue weighted by Crippen LogP contribution is -2.30. The summed E-state index contributed by atoms with van der Waals surface area (Å²) in [6.07, 6.45) is 3.68. The zero-order valence-electron chi connectivity index (χ0n) is 12.9. The number of hydrogen-bond acceptors (Lipinski definition) is 4. The van der Waals surface area contributed by atoms with Crippen molar-refractivity contribution in [3.05, 3.63) is 18.0 Å². The van der Waals surface area contributed by atoms with Crippen LogP contribution in [0.5, 0.6) is 0 Å². The van der Waals surface area contributed by atoms with E-state index in [-0.39, 0.29) is 0 Å². The third-order valence-corrected chi connectivity index (χ3v) is 5.39. The van der Waals surface area contributed by atoms with Gasteiger partial charge in [0.05, 0.1) is 4.90 Å². The van der Waals surface area contributed by atoms with Crippen LogP contribution in [0.2, 0.25) is 0 Å². The second kappa shape index (κ2) is 6.91. The Balaban J connectivity index is 2.04. The van der Waals surface area contributed by atoms with Gasteiger partial charge in [-0.05, 0) is 38.4 Å². The Labute approximate surface area is 127 Å². The molecule has 2 heterocycles. The number of aromatic nitrogens is 1. The van der Waals surface area contributed by atoms with Gasteiger partial charge < -0.3 is 15.2 Å². The molecule has 2 rings (SSSR count). The molecular weight excluding hydrogens is 288 g/mol. The Morgan fingerprint density at radius 2 is 2.24 bits per heavy atom. The SMILES string of the molecule is CCCn1cc(S(=O)(=O)NCC2CCN(C)C2)cc1CN. The van der Waals surface area contributed by atoms with Crippen LogP contribution in [0.3, 0.4) is 0 Å². The first-order valence-electron chi connectivity index (χ1n) is 7.53. The van der Waals surface area contributed by atoms with Gasteiger partial charge in [0.2, 0.25) is 10.0 Å². The molecule has 21 heavy (non-hydrogen) atoms. The fourth-order valence-electron chi connectivity index (χ4n) is 2.80. The van der Waals surface area contributed by atoms with Crippen molar-refractivity contribution in [2.75, 3.05) is 26.7 Å². The van der Waals surface area contributed by atoms with Crippen LogP contribution in [-0.4, -0.2) is 44.6 Å². The maximum atomic E-state index is 12.4. The Morgan fingerprint density at radius 1 is 1.48 bits per heavy atom. The smallest absolute Gasteiger partial charge is 0.242 e. The third kappa shape index (κ3) is 4.06. The van der Waals surface area contributed by atoms with Gasteiger partial charge in [0.15, 0.2) is 0 Å². The van der Waals surface area contributed by atoms with Crippen molar-refractivity contribution >= 4 is 10.0 Å². The minimum atomic E-state index is -3.44. The molecule has 0 saturated carbocycles. The predicted octanol–water partition coefficient (Wildman–Crippen LogP) is 0.587. The molecule has 1 saturated heterocycles. The van der Waals surface area contributed by atoms with E-state index in [4.69, 9.17) is 5.73 Å². The second-order valence-corrected chi connectivity index (χ2v) is 7.60. The van der Waals surface area contributed by atoms with E-state index in [2.05, 4.69) is 23.6 Å². The molecule has 6 nitrogen and oxygen atoms in total. The van der Waals surface area contributed by atoms with Crippen LogP contribution in [0.25, 0.3) is 0 Å². The Kier molecular flexibility index (Phi) is 5.43. The number of hydrogen-bond donors (Lipinski definition) is 2. The molecule has 0 aromatic carbocycles. The molecule has 3 N–H and O–H groups in total. The van der Waals surface area contributed by atoms with E-state index < -0.39 is 10.0 Å². The lowest BCUT2D eigenvalue weighted by atomic mass is 10.1. The highest BCUT2D eigenvalue weighted by Gasteiger charge is 2.23. The molecule has 1 fully saturated rings. The number of nitrogens with one attached hydrogen (secondary N) is 1. The van der Waals surface area contributed by atoms with E-state index in [0.29, 0.717) is 23.9 Å². The summed E-state index contributed by atoms with van der Waals surface area (Å²) in [6.45, 7) is 5.69. The Bertz CT molecular complexity index is 568. The van der Waals surface area contributed by atoms with E-state index in [9.17, 15) is 8.42 Å². The minimum absolute atomic E-state index is 0.322. The Hall–Kier alpha value is -0.890. The number of nitrogens with zero attached hydrogens (tertiary/aromatic N) is 2. The number of likely N-dealkylation sites (tertiary alicyclic amines) is 1. The van der Waals surface area contributed by atoms with Crippen LogP contribution in [0, 0.1) is 5.92 Å². The molecule has 0 aliphatic carbocycles. The number of rotatable bonds is 7. The minimum Gasteiger partial charge on any atom is -0.349 e. The van der Waals surface area contributed by atoms with Gasteiger partial charge in [0.25, 0.3) is 0 Å². The molecule has 120 valence electrons. The normalized spacial score (nSPS) is 20.2. The summed E-state index contributed by atoms with van der Waals surface area (Å²) in [6, 6.07) is 1.68. The van der Waals surface area contributed by atoms with Gasteiger partial charge in [0, 0.05) is 38.1 Å². The first kappa shape index (κ1) is 16.5. The number of aryl methyl sites for hydroxylation is 1. The molecule has 1 aliphatic rings. The van der Waals surface area contributed by atoms with E-state index in [1.165, 1.54) is 0 Å². The summed E-state index contributed by atoms with van der Waals surface area (Å²) < 4.78 is 29.4. The van der Waals surface area contributed by atoms with Crippen molar-refractivity contribution in [3.8, 4) is 0 Å². The van der Waals surface area contributed by atoms with Crippen LogP contribution < -0.4 is 10.5 Å². The van der Waals surface area contributed by atoms with Crippen LogP contribution in [0.1, 0.15) is 25.5 Å². The quantitative estimate of drug-likeness (QED) is 0.772. The average molecular weight is 314 g/mol. The first-order valence-corrected chi connectivity index (χ1v) is 9.02. The molecule has 0 radical (unpaired) electrons. The van der Waals surface area contributed by atoms with Crippen molar-refractivity contribution in [2.45, 2.75) is 37.8 Å². The van der Waals surface area contributed by atoms with Crippen molar-refractivity contribution in [2.24, 2.45) is 11.7 Å². The summed E-state index contributed by atoms with van der Waals surface area (Å²) in [5.74, 6) is 0.400. The topological polar surface area (TPSA) is 80.4 Å². The molecule has 1 aromatic rings. The lowest BCUT2D eigenvalue weighted by molar-refractivity contribution is 0.394. The summed E-state index contributed by atoms with van der Waals surface area (Å²) in [5.41, 5.74) is 6.54. The summed E-state index contributed by atoms with van der Waals surface area (Å²) in [5, 5.41) is 0. The maximum absolute atomic E-state index is 12.4. The highest BCUT2D eigenvalue weighted by molar-refractivity contribution is 7.89. The van der Waals surface area contributed by atoms with E-state index in [1.807, 2.05) is 4.57 Å².